The van der Waals surface area contributed by atoms with Gasteiger partial charge in [0.2, 0.25) is 0 Å². The molecule has 0 radical (unpaired) electrons. The maximum Gasteiger partial charge on any atom is 0.506 e. The maximum absolute atomic E-state index is 10.8. The van der Waals surface area contributed by atoms with Gasteiger partial charge < -0.3 is 14.7 Å². The molecule has 1 aliphatic rings. The molecule has 0 saturated carbocycles. The zero-order valence-corrected chi connectivity index (χ0v) is 12.8. The van der Waals surface area contributed by atoms with E-state index in [-0.39, 0.29) is 18.1 Å². The van der Waals surface area contributed by atoms with Gasteiger partial charge in [-0.25, -0.2) is 4.79 Å². The highest BCUT2D eigenvalue weighted by molar-refractivity contribution is 5.85. The van der Waals surface area contributed by atoms with Crippen molar-refractivity contribution in [1.82, 2.24) is 4.90 Å². The van der Waals surface area contributed by atoms with Gasteiger partial charge >= 0.3 is 6.16 Å². The lowest BCUT2D eigenvalue weighted by Gasteiger charge is -2.20. The van der Waals surface area contributed by atoms with Gasteiger partial charge in [-0.3, -0.25) is 10.1 Å². The van der Waals surface area contributed by atoms with E-state index in [4.69, 9.17) is 9.84 Å². The van der Waals surface area contributed by atoms with Crippen LogP contribution in [0.15, 0.2) is 24.3 Å². The van der Waals surface area contributed by atoms with Gasteiger partial charge in [-0.15, -0.1) is 12.4 Å². The van der Waals surface area contributed by atoms with Gasteiger partial charge in [0.15, 0.2) is 0 Å². The summed E-state index contributed by atoms with van der Waals surface area (Å²) >= 11 is 0. The van der Waals surface area contributed by atoms with Crippen molar-refractivity contribution in [1.29, 1.82) is 0 Å². The number of carbonyl (C=O) groups is 1. The molecular formula is C14H19ClN2O5. The number of hydrogen-bond donors (Lipinski definition) is 1. The largest absolute Gasteiger partial charge is 0.506 e. The molecule has 2 rings (SSSR count). The van der Waals surface area contributed by atoms with Crippen molar-refractivity contribution in [2.45, 2.75) is 25.4 Å². The number of hydrogen-bond acceptors (Lipinski definition) is 5. The first-order chi connectivity index (χ1) is 10.1. The number of nitrogens with zero attached hydrogens (tertiary/aromatic N) is 2. The third-order valence-electron chi connectivity index (χ3n) is 3.62. The lowest BCUT2D eigenvalue weighted by molar-refractivity contribution is -0.384. The Morgan fingerprint density at radius 1 is 1.32 bits per heavy atom. The minimum absolute atomic E-state index is 0. The molecule has 8 heteroatoms. The number of benzene rings is 1. The predicted molar refractivity (Wildman–Crippen MR) is 82.5 cm³/mol. The van der Waals surface area contributed by atoms with Gasteiger partial charge in [0.25, 0.3) is 5.69 Å². The topological polar surface area (TPSA) is 92.9 Å². The standard InChI is InChI=1S/C14H18N2O5.ClH/c17-14(18)21-13(7-10-15-8-1-2-9-15)11-3-5-12(6-4-11)16(19)20;/h3-6,13H,1-2,7-10H2,(H,17,18);1H. The fourth-order valence-corrected chi connectivity index (χ4v) is 2.53. The van der Waals surface area contributed by atoms with Crippen LogP contribution in [0.3, 0.4) is 0 Å². The van der Waals surface area contributed by atoms with E-state index in [0.717, 1.165) is 19.6 Å². The number of carboxylic acid groups (broad SMARTS) is 1. The van der Waals surface area contributed by atoms with E-state index in [0.29, 0.717) is 12.0 Å². The smallest absolute Gasteiger partial charge is 0.450 e. The molecule has 7 nitrogen and oxygen atoms in total. The number of likely N-dealkylation sites (tertiary alicyclic amines) is 1. The lowest BCUT2D eigenvalue weighted by atomic mass is 10.1. The third kappa shape index (κ3) is 5.16. The fourth-order valence-electron chi connectivity index (χ4n) is 2.53. The van der Waals surface area contributed by atoms with E-state index in [1.54, 1.807) is 12.1 Å². The Balaban J connectivity index is 0.00000242. The van der Waals surface area contributed by atoms with Gasteiger partial charge in [0, 0.05) is 25.1 Å². The summed E-state index contributed by atoms with van der Waals surface area (Å²) < 4.78 is 4.92. The minimum atomic E-state index is -1.33. The molecule has 1 saturated heterocycles. The highest BCUT2D eigenvalue weighted by Crippen LogP contribution is 2.25. The number of halogens is 1. The molecule has 0 amide bonds. The Morgan fingerprint density at radius 2 is 1.91 bits per heavy atom. The zero-order valence-electron chi connectivity index (χ0n) is 12.0. The Morgan fingerprint density at radius 3 is 2.41 bits per heavy atom. The molecule has 0 bridgehead atoms. The van der Waals surface area contributed by atoms with Crippen LogP contribution in [0.1, 0.15) is 30.9 Å². The number of rotatable bonds is 6. The molecule has 1 aromatic carbocycles. The number of nitro groups is 1. The Bertz CT molecular complexity index is 502. The monoisotopic (exact) mass is 330 g/mol. The summed E-state index contributed by atoms with van der Waals surface area (Å²) in [5, 5.41) is 19.5. The first kappa shape index (κ1) is 18.2. The van der Waals surface area contributed by atoms with Crippen LogP contribution in [-0.4, -0.2) is 40.7 Å². The molecule has 1 atom stereocenters. The predicted octanol–water partition coefficient (Wildman–Crippen LogP) is 3.24. The van der Waals surface area contributed by atoms with Gasteiger partial charge in [0.1, 0.15) is 6.10 Å². The molecule has 1 aromatic rings. The molecule has 1 fully saturated rings. The van der Waals surface area contributed by atoms with Crippen molar-refractivity contribution < 1.29 is 19.6 Å². The molecule has 122 valence electrons. The van der Waals surface area contributed by atoms with Crippen LogP contribution >= 0.6 is 12.4 Å². The molecule has 1 unspecified atom stereocenters. The SMILES string of the molecule is Cl.O=C(O)OC(CCN1CCCC1)c1ccc([N+](=O)[O-])cc1. The van der Waals surface area contributed by atoms with Crippen LogP contribution in [0.2, 0.25) is 0 Å². The molecule has 0 aliphatic carbocycles. The van der Waals surface area contributed by atoms with Crippen molar-refractivity contribution in [3.8, 4) is 0 Å². The van der Waals surface area contributed by atoms with Crippen LogP contribution in [0, 0.1) is 10.1 Å². The van der Waals surface area contributed by atoms with Crippen molar-refractivity contribution in [3.05, 3.63) is 39.9 Å². The summed E-state index contributed by atoms with van der Waals surface area (Å²) in [4.78, 5) is 23.2. The van der Waals surface area contributed by atoms with Crippen LogP contribution in [0.4, 0.5) is 10.5 Å². The minimum Gasteiger partial charge on any atom is -0.450 e. The lowest BCUT2D eigenvalue weighted by Crippen LogP contribution is -2.23. The van der Waals surface area contributed by atoms with Gasteiger partial charge in [-0.2, -0.15) is 0 Å². The molecule has 1 aliphatic heterocycles. The van der Waals surface area contributed by atoms with E-state index in [9.17, 15) is 14.9 Å². The van der Waals surface area contributed by atoms with Crippen molar-refractivity contribution >= 4 is 24.2 Å². The number of non-ortho nitro benzene ring substituents is 1. The first-order valence-corrected chi connectivity index (χ1v) is 6.92. The first-order valence-electron chi connectivity index (χ1n) is 6.92. The van der Waals surface area contributed by atoms with Crippen LogP contribution < -0.4 is 0 Å². The highest BCUT2D eigenvalue weighted by atomic mass is 35.5. The number of nitro benzene ring substituents is 1. The molecule has 1 N–H and O–H groups in total. The van der Waals surface area contributed by atoms with E-state index < -0.39 is 17.2 Å². The third-order valence-corrected chi connectivity index (χ3v) is 3.62. The fraction of sp³-hybridized carbons (Fsp3) is 0.500. The summed E-state index contributed by atoms with van der Waals surface area (Å²) in [5.41, 5.74) is 0.620. The Labute approximate surface area is 134 Å². The number of ether oxygens (including phenoxy) is 1. The second-order valence-electron chi connectivity index (χ2n) is 5.06. The summed E-state index contributed by atoms with van der Waals surface area (Å²) in [6.07, 6.45) is 0.956. The van der Waals surface area contributed by atoms with Gasteiger partial charge in [0.05, 0.1) is 4.92 Å². The summed E-state index contributed by atoms with van der Waals surface area (Å²) in [7, 11) is 0. The van der Waals surface area contributed by atoms with Crippen molar-refractivity contribution in [3.63, 3.8) is 0 Å². The average Bonchev–Trinajstić information content (AvgIpc) is 2.96. The summed E-state index contributed by atoms with van der Waals surface area (Å²) in [5.74, 6) is 0. The molecule has 1 heterocycles. The maximum atomic E-state index is 10.8. The summed E-state index contributed by atoms with van der Waals surface area (Å²) in [6.45, 7) is 2.81. The molecule has 22 heavy (non-hydrogen) atoms. The van der Waals surface area contributed by atoms with Crippen molar-refractivity contribution in [2.75, 3.05) is 19.6 Å². The van der Waals surface area contributed by atoms with E-state index >= 15 is 0 Å². The Kier molecular flexibility index (Phi) is 7.07. The van der Waals surface area contributed by atoms with E-state index in [2.05, 4.69) is 4.90 Å². The van der Waals surface area contributed by atoms with Crippen LogP contribution in [-0.2, 0) is 4.74 Å². The zero-order chi connectivity index (χ0) is 15.2. The Hall–Kier alpha value is -1.86. The quantitative estimate of drug-likeness (QED) is 0.489. The van der Waals surface area contributed by atoms with Crippen LogP contribution in [0.5, 0.6) is 0 Å². The highest BCUT2D eigenvalue weighted by Gasteiger charge is 2.20. The summed E-state index contributed by atoms with van der Waals surface area (Å²) in [6, 6.07) is 5.83. The van der Waals surface area contributed by atoms with E-state index in [1.807, 2.05) is 0 Å². The molecule has 0 spiro atoms. The van der Waals surface area contributed by atoms with Gasteiger partial charge in [-0.05, 0) is 43.6 Å². The second-order valence-corrected chi connectivity index (χ2v) is 5.06. The second kappa shape index (κ2) is 8.55. The molecule has 0 aromatic heterocycles. The van der Waals surface area contributed by atoms with Gasteiger partial charge in [-0.1, -0.05) is 0 Å². The van der Waals surface area contributed by atoms with Crippen LogP contribution in [0.25, 0.3) is 0 Å². The normalized spacial score (nSPS) is 15.8. The van der Waals surface area contributed by atoms with E-state index in [1.165, 1.54) is 25.0 Å². The average molecular weight is 331 g/mol. The molecular weight excluding hydrogens is 312 g/mol. The van der Waals surface area contributed by atoms with Crippen molar-refractivity contribution in [2.24, 2.45) is 0 Å².